The number of halogens is 2. The van der Waals surface area contributed by atoms with Crippen LogP contribution in [0.2, 0.25) is 5.02 Å². The molecule has 0 aliphatic carbocycles. The summed E-state index contributed by atoms with van der Waals surface area (Å²) in [4.78, 5) is 21.5. The first kappa shape index (κ1) is 16.5. The number of amides is 1. The molecule has 0 aromatic carbocycles. The van der Waals surface area contributed by atoms with Gasteiger partial charge in [-0.1, -0.05) is 11.6 Å². The number of hydrazone groups is 1. The van der Waals surface area contributed by atoms with E-state index in [0.29, 0.717) is 5.69 Å². The van der Waals surface area contributed by atoms with Gasteiger partial charge < -0.3 is 10.1 Å². The van der Waals surface area contributed by atoms with Gasteiger partial charge in [0.05, 0.1) is 28.8 Å². The topological polar surface area (TPSA) is 120 Å². The van der Waals surface area contributed by atoms with Crippen LogP contribution in [0.4, 0.5) is 10.2 Å². The van der Waals surface area contributed by atoms with Crippen LogP contribution >= 0.6 is 11.6 Å². The SMILES string of the molecule is Cc1nn(C)c(F)c1C=NNC(=O)Cn1cc(Cl)c([N+](=O)[O-])n1. The maximum absolute atomic E-state index is 13.6. The van der Waals surface area contributed by atoms with Gasteiger partial charge in [-0.2, -0.15) is 19.3 Å². The number of nitro groups is 1. The molecular formula is C11H11ClFN7O3. The largest absolute Gasteiger partial charge is 0.408 e. The Bertz CT molecular complexity index is 798. The molecule has 0 radical (unpaired) electrons. The summed E-state index contributed by atoms with van der Waals surface area (Å²) in [6.45, 7) is 1.26. The summed E-state index contributed by atoms with van der Waals surface area (Å²) in [5.74, 6) is -1.75. The zero-order valence-corrected chi connectivity index (χ0v) is 12.8. The van der Waals surface area contributed by atoms with Gasteiger partial charge in [0.1, 0.15) is 6.54 Å². The average molecular weight is 344 g/mol. The molecule has 12 heteroatoms. The Kier molecular flexibility index (Phi) is 4.69. The van der Waals surface area contributed by atoms with E-state index in [9.17, 15) is 19.3 Å². The molecule has 1 N–H and O–H groups in total. The summed E-state index contributed by atoms with van der Waals surface area (Å²) >= 11 is 5.61. The fourth-order valence-corrected chi connectivity index (χ4v) is 1.96. The van der Waals surface area contributed by atoms with E-state index in [1.807, 2.05) is 0 Å². The Morgan fingerprint density at radius 3 is 2.83 bits per heavy atom. The standard InChI is InChI=1S/C11H11ClFN7O3/c1-6-7(10(13)18(2)16-6)3-14-15-9(21)5-19-4-8(12)11(17-19)20(22)23/h3-4H,5H2,1-2H3,(H,15,21). The highest BCUT2D eigenvalue weighted by molar-refractivity contribution is 6.32. The predicted octanol–water partition coefficient (Wildman–Crippen LogP) is 0.776. The summed E-state index contributed by atoms with van der Waals surface area (Å²) in [6.07, 6.45) is 2.27. The van der Waals surface area contributed by atoms with E-state index in [0.717, 1.165) is 21.8 Å². The summed E-state index contributed by atoms with van der Waals surface area (Å²) in [7, 11) is 1.44. The van der Waals surface area contributed by atoms with Crippen LogP contribution in [0, 0.1) is 23.0 Å². The van der Waals surface area contributed by atoms with Crippen molar-refractivity contribution in [2.45, 2.75) is 13.5 Å². The Balaban J connectivity index is 1.99. The number of aromatic nitrogens is 4. The van der Waals surface area contributed by atoms with E-state index in [2.05, 4.69) is 20.7 Å². The molecule has 0 bridgehead atoms. The maximum Gasteiger partial charge on any atom is 0.408 e. The molecular weight excluding hydrogens is 333 g/mol. The number of nitrogens with one attached hydrogen (secondary N) is 1. The van der Waals surface area contributed by atoms with E-state index in [1.165, 1.54) is 7.05 Å². The van der Waals surface area contributed by atoms with Crippen molar-refractivity contribution >= 4 is 29.5 Å². The predicted molar refractivity (Wildman–Crippen MR) is 77.5 cm³/mol. The quantitative estimate of drug-likeness (QED) is 0.488. The van der Waals surface area contributed by atoms with Crippen LogP contribution in [-0.4, -0.2) is 36.6 Å². The highest BCUT2D eigenvalue weighted by Crippen LogP contribution is 2.20. The lowest BCUT2D eigenvalue weighted by Crippen LogP contribution is -2.23. The second-order valence-corrected chi connectivity index (χ2v) is 4.87. The lowest BCUT2D eigenvalue weighted by atomic mass is 10.3. The molecule has 0 aliphatic rings. The monoisotopic (exact) mass is 343 g/mol. The third-order valence-electron chi connectivity index (χ3n) is 2.76. The fraction of sp³-hybridized carbons (Fsp3) is 0.273. The van der Waals surface area contributed by atoms with E-state index in [1.54, 1.807) is 6.92 Å². The smallest absolute Gasteiger partial charge is 0.358 e. The molecule has 2 heterocycles. The third-order valence-corrected chi connectivity index (χ3v) is 3.02. The molecule has 0 fully saturated rings. The molecule has 122 valence electrons. The maximum atomic E-state index is 13.6. The molecule has 1 amide bonds. The molecule has 0 saturated heterocycles. The van der Waals surface area contributed by atoms with Crippen molar-refractivity contribution in [1.29, 1.82) is 0 Å². The molecule has 2 aromatic heterocycles. The summed E-state index contributed by atoms with van der Waals surface area (Å²) < 4.78 is 15.7. The van der Waals surface area contributed by atoms with Gasteiger partial charge in [0.25, 0.3) is 5.91 Å². The van der Waals surface area contributed by atoms with Gasteiger partial charge >= 0.3 is 5.82 Å². The zero-order chi connectivity index (χ0) is 17.1. The van der Waals surface area contributed by atoms with Crippen molar-refractivity contribution in [3.63, 3.8) is 0 Å². The third kappa shape index (κ3) is 3.69. The molecule has 23 heavy (non-hydrogen) atoms. The van der Waals surface area contributed by atoms with E-state index in [4.69, 9.17) is 11.6 Å². The number of aryl methyl sites for hydroxylation is 2. The van der Waals surface area contributed by atoms with Crippen LogP contribution in [0.25, 0.3) is 0 Å². The average Bonchev–Trinajstić information content (AvgIpc) is 2.93. The molecule has 0 spiro atoms. The highest BCUT2D eigenvalue weighted by atomic mass is 35.5. The van der Waals surface area contributed by atoms with Gasteiger partial charge in [0.15, 0.2) is 5.02 Å². The molecule has 2 rings (SSSR count). The summed E-state index contributed by atoms with van der Waals surface area (Å²) in [5, 5.41) is 21.4. The van der Waals surface area contributed by atoms with Gasteiger partial charge in [0.2, 0.25) is 5.95 Å². The normalized spacial score (nSPS) is 11.1. The van der Waals surface area contributed by atoms with Crippen LogP contribution in [-0.2, 0) is 18.4 Å². The van der Waals surface area contributed by atoms with E-state index < -0.39 is 22.6 Å². The molecule has 0 saturated carbocycles. The van der Waals surface area contributed by atoms with E-state index >= 15 is 0 Å². The van der Waals surface area contributed by atoms with Crippen LogP contribution in [0.15, 0.2) is 11.3 Å². The van der Waals surface area contributed by atoms with E-state index in [-0.39, 0.29) is 17.1 Å². The molecule has 0 unspecified atom stereocenters. The lowest BCUT2D eigenvalue weighted by Gasteiger charge is -1.97. The number of carbonyl (C=O) groups excluding carboxylic acids is 1. The van der Waals surface area contributed by atoms with Crippen LogP contribution in [0.3, 0.4) is 0 Å². The first-order valence-electron chi connectivity index (χ1n) is 6.18. The van der Waals surface area contributed by atoms with Crippen molar-refractivity contribution in [2.24, 2.45) is 12.1 Å². The lowest BCUT2D eigenvalue weighted by molar-refractivity contribution is -0.389. The van der Waals surface area contributed by atoms with Crippen molar-refractivity contribution in [3.05, 3.63) is 38.5 Å². The van der Waals surface area contributed by atoms with Gasteiger partial charge in [-0.3, -0.25) is 4.79 Å². The Morgan fingerprint density at radius 2 is 2.30 bits per heavy atom. The number of hydrogen-bond acceptors (Lipinski definition) is 6. The van der Waals surface area contributed by atoms with Crippen molar-refractivity contribution in [2.75, 3.05) is 0 Å². The molecule has 0 aliphatic heterocycles. The zero-order valence-electron chi connectivity index (χ0n) is 12.0. The van der Waals surface area contributed by atoms with Crippen molar-refractivity contribution in [1.82, 2.24) is 25.0 Å². The van der Waals surface area contributed by atoms with Crippen LogP contribution < -0.4 is 5.43 Å². The van der Waals surface area contributed by atoms with Gasteiger partial charge in [-0.05, 0) is 11.8 Å². The number of carbonyl (C=O) groups is 1. The van der Waals surface area contributed by atoms with Gasteiger partial charge in [-0.15, -0.1) is 0 Å². The van der Waals surface area contributed by atoms with Crippen LogP contribution in [0.1, 0.15) is 11.3 Å². The van der Waals surface area contributed by atoms with Crippen molar-refractivity contribution in [3.8, 4) is 0 Å². The van der Waals surface area contributed by atoms with Gasteiger partial charge in [0, 0.05) is 7.05 Å². The molecule has 10 nitrogen and oxygen atoms in total. The fourth-order valence-electron chi connectivity index (χ4n) is 1.74. The summed E-state index contributed by atoms with van der Waals surface area (Å²) in [5.41, 5.74) is 2.71. The second kappa shape index (κ2) is 6.52. The van der Waals surface area contributed by atoms with Crippen molar-refractivity contribution < 1.29 is 14.1 Å². The minimum absolute atomic E-state index is 0.144. The minimum atomic E-state index is -0.761. The molecule has 2 aromatic rings. The van der Waals surface area contributed by atoms with Crippen LogP contribution in [0.5, 0.6) is 0 Å². The first-order valence-corrected chi connectivity index (χ1v) is 6.55. The number of hydrogen-bond donors (Lipinski definition) is 1. The first-order chi connectivity index (χ1) is 10.8. The summed E-state index contributed by atoms with van der Waals surface area (Å²) in [6, 6.07) is 0. The Hall–Kier alpha value is -2.82. The van der Waals surface area contributed by atoms with Gasteiger partial charge in [-0.25, -0.2) is 10.1 Å². The number of nitrogens with zero attached hydrogens (tertiary/aromatic N) is 6. The molecule has 0 atom stereocenters. The second-order valence-electron chi connectivity index (χ2n) is 4.46. The Labute approximate surface area is 133 Å². The minimum Gasteiger partial charge on any atom is -0.358 e. The number of rotatable bonds is 5. The highest BCUT2D eigenvalue weighted by Gasteiger charge is 2.20. The Morgan fingerprint density at radius 1 is 1.61 bits per heavy atom.